The lowest BCUT2D eigenvalue weighted by molar-refractivity contribution is 0.00897. The fourth-order valence-electron chi connectivity index (χ4n) is 2.83. The van der Waals surface area contributed by atoms with Crippen molar-refractivity contribution in [3.8, 4) is 0 Å². The molecule has 0 aromatic carbocycles. The van der Waals surface area contributed by atoms with Gasteiger partial charge in [0.15, 0.2) is 0 Å². The van der Waals surface area contributed by atoms with Crippen LogP contribution in [0.3, 0.4) is 0 Å². The second-order valence-corrected chi connectivity index (χ2v) is 6.54. The van der Waals surface area contributed by atoms with E-state index in [4.69, 9.17) is 5.73 Å². The molecular formula is C13H23N3S. The van der Waals surface area contributed by atoms with E-state index in [0.29, 0.717) is 18.0 Å². The third-order valence-electron chi connectivity index (χ3n) is 4.30. The number of thiazole rings is 1. The lowest BCUT2D eigenvalue weighted by Crippen LogP contribution is -2.57. The monoisotopic (exact) mass is 253 g/mol. The molecule has 17 heavy (non-hydrogen) atoms. The van der Waals surface area contributed by atoms with Crippen molar-refractivity contribution in [2.75, 3.05) is 6.54 Å². The number of hydrogen-bond donors (Lipinski definition) is 1. The fraction of sp³-hybridized carbons (Fsp3) is 0.769. The van der Waals surface area contributed by atoms with Crippen LogP contribution in [-0.2, 0) is 5.54 Å². The van der Waals surface area contributed by atoms with Crippen LogP contribution in [0.4, 0.5) is 0 Å². The number of nitrogens with two attached hydrogens (primary N) is 1. The van der Waals surface area contributed by atoms with E-state index in [1.54, 1.807) is 11.3 Å². The average Bonchev–Trinajstić information content (AvgIpc) is 2.79. The maximum Gasteiger partial charge on any atom is 0.112 e. The molecule has 1 aromatic heterocycles. The van der Waals surface area contributed by atoms with Crippen molar-refractivity contribution >= 4 is 11.3 Å². The zero-order chi connectivity index (χ0) is 12.6. The lowest BCUT2D eigenvalue weighted by Gasteiger charge is -2.48. The number of nitrogens with zero attached hydrogens (tertiary/aromatic N) is 2. The first-order chi connectivity index (χ1) is 7.94. The Bertz CT molecular complexity index is 361. The van der Waals surface area contributed by atoms with Gasteiger partial charge in [0.1, 0.15) is 5.01 Å². The molecule has 4 heteroatoms. The number of rotatable bonds is 2. The predicted molar refractivity (Wildman–Crippen MR) is 73.1 cm³/mol. The summed E-state index contributed by atoms with van der Waals surface area (Å²) >= 11 is 1.74. The molecule has 0 bridgehead atoms. The van der Waals surface area contributed by atoms with Crippen LogP contribution in [0, 0.1) is 5.92 Å². The minimum absolute atomic E-state index is 0.0159. The van der Waals surface area contributed by atoms with Gasteiger partial charge in [-0.2, -0.15) is 0 Å². The molecule has 3 nitrogen and oxygen atoms in total. The lowest BCUT2D eigenvalue weighted by atomic mass is 9.84. The summed E-state index contributed by atoms with van der Waals surface area (Å²) < 4.78 is 0. The van der Waals surface area contributed by atoms with Crippen LogP contribution in [0.1, 0.15) is 39.1 Å². The molecule has 0 aliphatic carbocycles. The van der Waals surface area contributed by atoms with E-state index >= 15 is 0 Å². The number of piperidine rings is 1. The third kappa shape index (κ3) is 2.26. The van der Waals surface area contributed by atoms with Gasteiger partial charge in [-0.25, -0.2) is 4.98 Å². The molecule has 2 heterocycles. The van der Waals surface area contributed by atoms with Crippen LogP contribution < -0.4 is 5.73 Å². The van der Waals surface area contributed by atoms with Gasteiger partial charge in [0.05, 0.1) is 5.54 Å². The molecule has 1 aromatic rings. The highest BCUT2D eigenvalue weighted by molar-refractivity contribution is 7.09. The summed E-state index contributed by atoms with van der Waals surface area (Å²) in [6.45, 7) is 10.2. The summed E-state index contributed by atoms with van der Waals surface area (Å²) in [5.41, 5.74) is 6.17. The van der Waals surface area contributed by atoms with Gasteiger partial charge >= 0.3 is 0 Å². The van der Waals surface area contributed by atoms with Crippen LogP contribution >= 0.6 is 11.3 Å². The summed E-state index contributed by atoms with van der Waals surface area (Å²) in [5.74, 6) is 0.544. The smallest absolute Gasteiger partial charge is 0.112 e. The largest absolute Gasteiger partial charge is 0.327 e. The van der Waals surface area contributed by atoms with Crippen LogP contribution in [0.2, 0.25) is 0 Å². The van der Waals surface area contributed by atoms with E-state index in [9.17, 15) is 0 Å². The SMILES string of the molecule is CC1C(N)CCN(C(C)(C)c2nccs2)C1C. The normalized spacial score (nSPS) is 31.7. The Kier molecular flexibility index (Phi) is 3.57. The van der Waals surface area contributed by atoms with Crippen molar-refractivity contribution in [3.63, 3.8) is 0 Å². The number of aromatic nitrogens is 1. The molecule has 3 atom stereocenters. The van der Waals surface area contributed by atoms with E-state index in [0.717, 1.165) is 13.0 Å². The average molecular weight is 253 g/mol. The van der Waals surface area contributed by atoms with Crippen molar-refractivity contribution in [1.29, 1.82) is 0 Å². The highest BCUT2D eigenvalue weighted by atomic mass is 32.1. The second kappa shape index (κ2) is 4.67. The topological polar surface area (TPSA) is 42.1 Å². The van der Waals surface area contributed by atoms with Gasteiger partial charge in [0.25, 0.3) is 0 Å². The third-order valence-corrected chi connectivity index (χ3v) is 5.39. The quantitative estimate of drug-likeness (QED) is 0.880. The van der Waals surface area contributed by atoms with Crippen molar-refractivity contribution in [3.05, 3.63) is 16.6 Å². The van der Waals surface area contributed by atoms with Crippen molar-refractivity contribution in [1.82, 2.24) is 9.88 Å². The standard InChI is InChI=1S/C13H23N3S/c1-9-10(2)16(7-5-11(9)14)13(3,4)12-15-6-8-17-12/h6,8-11H,5,7,14H2,1-4H3. The van der Waals surface area contributed by atoms with E-state index in [-0.39, 0.29) is 5.54 Å². The first-order valence-corrected chi connectivity index (χ1v) is 7.25. The van der Waals surface area contributed by atoms with Gasteiger partial charge in [-0.1, -0.05) is 6.92 Å². The first kappa shape index (κ1) is 13.0. The van der Waals surface area contributed by atoms with Gasteiger partial charge in [-0.15, -0.1) is 11.3 Å². The van der Waals surface area contributed by atoms with Crippen molar-refractivity contribution in [2.24, 2.45) is 11.7 Å². The summed E-state index contributed by atoms with van der Waals surface area (Å²) in [7, 11) is 0. The molecule has 0 spiro atoms. The maximum absolute atomic E-state index is 6.15. The summed E-state index contributed by atoms with van der Waals surface area (Å²) in [6.07, 6.45) is 2.98. The Balaban J connectivity index is 2.22. The molecule has 2 rings (SSSR count). The molecule has 0 radical (unpaired) electrons. The van der Waals surface area contributed by atoms with E-state index in [2.05, 4.69) is 43.0 Å². The van der Waals surface area contributed by atoms with Crippen molar-refractivity contribution < 1.29 is 0 Å². The van der Waals surface area contributed by atoms with Gasteiger partial charge in [-0.05, 0) is 33.1 Å². The first-order valence-electron chi connectivity index (χ1n) is 6.37. The Hall–Kier alpha value is -0.450. The van der Waals surface area contributed by atoms with Crippen molar-refractivity contribution in [2.45, 2.75) is 51.7 Å². The van der Waals surface area contributed by atoms with Gasteiger partial charge < -0.3 is 5.73 Å². The summed E-state index contributed by atoms with van der Waals surface area (Å²) in [5, 5.41) is 3.26. The van der Waals surface area contributed by atoms with Gasteiger partial charge in [0, 0.05) is 30.2 Å². The molecule has 2 N–H and O–H groups in total. The van der Waals surface area contributed by atoms with Gasteiger partial charge in [-0.3, -0.25) is 4.90 Å². The molecule has 1 aliphatic rings. The molecule has 0 amide bonds. The minimum atomic E-state index is 0.0159. The Morgan fingerprint density at radius 2 is 2.18 bits per heavy atom. The second-order valence-electron chi connectivity index (χ2n) is 5.64. The summed E-state index contributed by atoms with van der Waals surface area (Å²) in [4.78, 5) is 7.04. The Morgan fingerprint density at radius 1 is 1.47 bits per heavy atom. The summed E-state index contributed by atoms with van der Waals surface area (Å²) in [6, 6.07) is 0.853. The molecule has 1 fully saturated rings. The van der Waals surface area contributed by atoms with Crippen LogP contribution in [0.5, 0.6) is 0 Å². The predicted octanol–water partition coefficient (Wildman–Crippen LogP) is 2.44. The van der Waals surface area contributed by atoms with E-state index < -0.39 is 0 Å². The maximum atomic E-state index is 6.15. The molecule has 1 saturated heterocycles. The van der Waals surface area contributed by atoms with Crippen LogP contribution in [0.15, 0.2) is 11.6 Å². The molecule has 3 unspecified atom stereocenters. The zero-order valence-electron chi connectivity index (χ0n) is 11.2. The molecule has 1 aliphatic heterocycles. The van der Waals surface area contributed by atoms with Gasteiger partial charge in [0.2, 0.25) is 0 Å². The Morgan fingerprint density at radius 3 is 2.76 bits per heavy atom. The zero-order valence-corrected chi connectivity index (χ0v) is 12.0. The minimum Gasteiger partial charge on any atom is -0.327 e. The molecular weight excluding hydrogens is 230 g/mol. The highest BCUT2D eigenvalue weighted by Gasteiger charge is 2.40. The van der Waals surface area contributed by atoms with Crippen LogP contribution in [-0.4, -0.2) is 28.5 Å². The number of likely N-dealkylation sites (tertiary alicyclic amines) is 1. The number of hydrogen-bond acceptors (Lipinski definition) is 4. The van der Waals surface area contributed by atoms with E-state index in [1.807, 2.05) is 6.20 Å². The molecule has 0 saturated carbocycles. The fourth-order valence-corrected chi connectivity index (χ4v) is 3.61. The Labute approximate surface area is 108 Å². The van der Waals surface area contributed by atoms with E-state index in [1.165, 1.54) is 5.01 Å². The molecule has 96 valence electrons. The van der Waals surface area contributed by atoms with Crippen LogP contribution in [0.25, 0.3) is 0 Å². The highest BCUT2D eigenvalue weighted by Crippen LogP contribution is 2.36.